The van der Waals surface area contributed by atoms with Crippen molar-refractivity contribution in [3.63, 3.8) is 0 Å². The molecule has 1 saturated heterocycles. The van der Waals surface area contributed by atoms with Crippen molar-refractivity contribution in [3.05, 3.63) is 29.3 Å². The van der Waals surface area contributed by atoms with E-state index in [1.54, 1.807) is 13.2 Å². The molecule has 1 heterocycles. The maximum absolute atomic E-state index is 14.9. The van der Waals surface area contributed by atoms with E-state index >= 15 is 0 Å². The molecule has 26 heavy (non-hydrogen) atoms. The fourth-order valence-corrected chi connectivity index (χ4v) is 3.49. The summed E-state index contributed by atoms with van der Waals surface area (Å²) in [5.74, 6) is 0.482. The van der Waals surface area contributed by atoms with Crippen molar-refractivity contribution < 1.29 is 13.9 Å². The number of amides is 1. The smallest absolute Gasteiger partial charge is 0.251 e. The first kappa shape index (κ1) is 20.7. The molecule has 1 fully saturated rings. The topological polar surface area (TPSA) is 50.4 Å². The van der Waals surface area contributed by atoms with E-state index in [1.807, 2.05) is 19.1 Å². The van der Waals surface area contributed by atoms with Gasteiger partial charge >= 0.3 is 0 Å². The Hall–Kier alpha value is -1.62. The number of piperidine rings is 1. The lowest BCUT2D eigenvalue weighted by Gasteiger charge is -2.42. The molecule has 2 rings (SSSR count). The van der Waals surface area contributed by atoms with E-state index in [0.29, 0.717) is 24.4 Å². The van der Waals surface area contributed by atoms with Gasteiger partial charge in [-0.15, -0.1) is 0 Å². The van der Waals surface area contributed by atoms with Crippen LogP contribution in [0.2, 0.25) is 0 Å². The Bertz CT molecular complexity index is 627. The van der Waals surface area contributed by atoms with Crippen LogP contribution in [-0.2, 0) is 0 Å². The number of ether oxygens (including phenoxy) is 1. The summed E-state index contributed by atoms with van der Waals surface area (Å²) >= 11 is 0. The highest BCUT2D eigenvalue weighted by atomic mass is 19.1. The molecule has 0 saturated carbocycles. The first-order chi connectivity index (χ1) is 12.1. The number of benzene rings is 1. The zero-order valence-corrected chi connectivity index (χ0v) is 16.7. The Kier molecular flexibility index (Phi) is 6.67. The van der Waals surface area contributed by atoms with E-state index < -0.39 is 11.6 Å². The summed E-state index contributed by atoms with van der Waals surface area (Å²) < 4.78 is 20.1. The van der Waals surface area contributed by atoms with E-state index in [0.717, 1.165) is 31.4 Å². The molecule has 2 N–H and O–H groups in total. The van der Waals surface area contributed by atoms with Gasteiger partial charge in [-0.1, -0.05) is 20.8 Å². The number of halogens is 1. The molecule has 0 aromatic heterocycles. The van der Waals surface area contributed by atoms with Crippen LogP contribution in [0.15, 0.2) is 18.2 Å². The van der Waals surface area contributed by atoms with Crippen LogP contribution in [0, 0.1) is 17.8 Å². The summed E-state index contributed by atoms with van der Waals surface area (Å²) in [5.41, 5.74) is 1.16. The predicted molar refractivity (Wildman–Crippen MR) is 104 cm³/mol. The Morgan fingerprint density at radius 2 is 2.12 bits per heavy atom. The van der Waals surface area contributed by atoms with E-state index in [4.69, 9.17) is 4.74 Å². The quantitative estimate of drug-likeness (QED) is 0.805. The standard InChI is InChI=1S/C21H33FN2O2/c1-15-10-16(12-17(11-15)26-5)19(25)24-14-21(7-6-20(2,3)4)8-9-23-13-18(21)22/h10-12,18,23H,6-9,13-14H2,1-5H3,(H,24,25)/t18-,21-/m1/s1. The van der Waals surface area contributed by atoms with Gasteiger partial charge in [-0.3, -0.25) is 4.79 Å². The molecular weight excluding hydrogens is 331 g/mol. The lowest BCUT2D eigenvalue weighted by molar-refractivity contribution is 0.0447. The minimum Gasteiger partial charge on any atom is -0.497 e. The van der Waals surface area contributed by atoms with E-state index in [2.05, 4.69) is 31.4 Å². The van der Waals surface area contributed by atoms with Gasteiger partial charge in [-0.25, -0.2) is 4.39 Å². The van der Waals surface area contributed by atoms with Crippen LogP contribution in [0.4, 0.5) is 4.39 Å². The van der Waals surface area contributed by atoms with Gasteiger partial charge in [0.1, 0.15) is 11.9 Å². The number of rotatable bonds is 6. The zero-order valence-electron chi connectivity index (χ0n) is 16.7. The summed E-state index contributed by atoms with van der Waals surface area (Å²) in [6.07, 6.45) is 1.49. The molecule has 0 radical (unpaired) electrons. The fraction of sp³-hybridized carbons (Fsp3) is 0.667. The molecule has 2 atom stereocenters. The fourth-order valence-electron chi connectivity index (χ4n) is 3.49. The van der Waals surface area contributed by atoms with Crippen LogP contribution < -0.4 is 15.4 Å². The molecule has 1 aliphatic heterocycles. The van der Waals surface area contributed by atoms with Crippen LogP contribution in [0.25, 0.3) is 0 Å². The second-order valence-corrected chi connectivity index (χ2v) is 8.77. The Labute approximate surface area is 156 Å². The zero-order chi connectivity index (χ0) is 19.4. The first-order valence-electron chi connectivity index (χ1n) is 9.44. The molecule has 0 aliphatic carbocycles. The molecule has 0 bridgehead atoms. The van der Waals surface area contributed by atoms with Crippen molar-refractivity contribution in [2.24, 2.45) is 10.8 Å². The number of carbonyl (C=O) groups excluding carboxylic acids is 1. The average Bonchev–Trinajstić information content (AvgIpc) is 2.58. The minimum absolute atomic E-state index is 0.144. The molecule has 1 aromatic rings. The number of hydrogen-bond donors (Lipinski definition) is 2. The summed E-state index contributed by atoms with van der Waals surface area (Å²) in [4.78, 5) is 12.7. The summed E-state index contributed by atoms with van der Waals surface area (Å²) in [6, 6.07) is 5.43. The van der Waals surface area contributed by atoms with Crippen molar-refractivity contribution in [2.45, 2.75) is 53.1 Å². The van der Waals surface area contributed by atoms with Crippen LogP contribution in [0.5, 0.6) is 5.75 Å². The maximum atomic E-state index is 14.9. The molecule has 146 valence electrons. The number of methoxy groups -OCH3 is 1. The Morgan fingerprint density at radius 3 is 2.73 bits per heavy atom. The van der Waals surface area contributed by atoms with Crippen molar-refractivity contribution in [1.82, 2.24) is 10.6 Å². The number of carbonyl (C=O) groups is 1. The number of aryl methyl sites for hydroxylation is 1. The Balaban J connectivity index is 2.11. The molecule has 0 unspecified atom stereocenters. The van der Waals surface area contributed by atoms with Crippen molar-refractivity contribution in [2.75, 3.05) is 26.7 Å². The van der Waals surface area contributed by atoms with Gasteiger partial charge in [-0.2, -0.15) is 0 Å². The summed E-state index contributed by atoms with van der Waals surface area (Å²) in [5, 5.41) is 6.12. The molecule has 1 aliphatic rings. The second-order valence-electron chi connectivity index (χ2n) is 8.77. The number of alkyl halides is 1. The van der Waals surface area contributed by atoms with E-state index in [9.17, 15) is 9.18 Å². The van der Waals surface area contributed by atoms with E-state index in [-0.39, 0.29) is 11.3 Å². The molecule has 0 spiro atoms. The van der Waals surface area contributed by atoms with Gasteiger partial charge in [0.25, 0.3) is 5.91 Å². The monoisotopic (exact) mass is 364 g/mol. The van der Waals surface area contributed by atoms with Gasteiger partial charge in [0, 0.05) is 24.1 Å². The lowest BCUT2D eigenvalue weighted by atomic mass is 9.70. The lowest BCUT2D eigenvalue weighted by Crippen LogP contribution is -2.52. The number of nitrogens with one attached hydrogen (secondary N) is 2. The van der Waals surface area contributed by atoms with Gasteiger partial charge in [0.2, 0.25) is 0 Å². The van der Waals surface area contributed by atoms with Crippen molar-refractivity contribution in [3.8, 4) is 5.75 Å². The van der Waals surface area contributed by atoms with Gasteiger partial charge in [0.15, 0.2) is 0 Å². The second kappa shape index (κ2) is 8.38. The molecular formula is C21H33FN2O2. The van der Waals surface area contributed by atoms with Crippen LogP contribution in [0.3, 0.4) is 0 Å². The molecule has 1 aromatic carbocycles. The SMILES string of the molecule is COc1cc(C)cc(C(=O)NC[C@@]2(CCC(C)(C)C)CCNC[C@H]2F)c1. The van der Waals surface area contributed by atoms with Gasteiger partial charge in [-0.05, 0) is 61.9 Å². The predicted octanol–water partition coefficient (Wildman–Crippen LogP) is 3.88. The van der Waals surface area contributed by atoms with Crippen LogP contribution >= 0.6 is 0 Å². The third-order valence-electron chi connectivity index (χ3n) is 5.31. The third-order valence-corrected chi connectivity index (χ3v) is 5.31. The van der Waals surface area contributed by atoms with Gasteiger partial charge in [0.05, 0.1) is 7.11 Å². The van der Waals surface area contributed by atoms with Crippen molar-refractivity contribution in [1.29, 1.82) is 0 Å². The highest BCUT2D eigenvalue weighted by molar-refractivity contribution is 5.94. The normalized spacial score (nSPS) is 23.5. The van der Waals surface area contributed by atoms with E-state index in [1.165, 1.54) is 0 Å². The van der Waals surface area contributed by atoms with Crippen LogP contribution in [-0.4, -0.2) is 38.8 Å². The highest BCUT2D eigenvalue weighted by Gasteiger charge is 2.41. The van der Waals surface area contributed by atoms with Crippen LogP contribution in [0.1, 0.15) is 56.0 Å². The molecule has 5 heteroatoms. The Morgan fingerprint density at radius 1 is 1.38 bits per heavy atom. The van der Waals surface area contributed by atoms with Gasteiger partial charge < -0.3 is 15.4 Å². The average molecular weight is 365 g/mol. The third kappa shape index (κ3) is 5.44. The maximum Gasteiger partial charge on any atom is 0.251 e. The molecule has 4 nitrogen and oxygen atoms in total. The number of hydrogen-bond acceptors (Lipinski definition) is 3. The summed E-state index contributed by atoms with van der Waals surface area (Å²) in [6.45, 7) is 9.96. The highest BCUT2D eigenvalue weighted by Crippen LogP contribution is 2.39. The minimum atomic E-state index is -0.953. The first-order valence-corrected chi connectivity index (χ1v) is 9.44. The molecule has 1 amide bonds. The summed E-state index contributed by atoms with van der Waals surface area (Å²) in [7, 11) is 1.58. The largest absolute Gasteiger partial charge is 0.497 e. The van der Waals surface area contributed by atoms with Crippen molar-refractivity contribution >= 4 is 5.91 Å².